The Morgan fingerprint density at radius 1 is 1.31 bits per heavy atom. The Morgan fingerprint density at radius 2 is 2.00 bits per heavy atom. The van der Waals surface area contributed by atoms with Gasteiger partial charge in [0.1, 0.15) is 0 Å². The van der Waals surface area contributed by atoms with Crippen molar-refractivity contribution in [3.8, 4) is 0 Å². The maximum Gasteiger partial charge on any atom is 0.309 e. The van der Waals surface area contributed by atoms with Gasteiger partial charge in [0.15, 0.2) is 0 Å². The van der Waals surface area contributed by atoms with Crippen LogP contribution in [-0.4, -0.2) is 12.6 Å². The molecule has 0 radical (unpaired) electrons. The predicted molar refractivity (Wildman–Crippen MR) is 62.9 cm³/mol. The van der Waals surface area contributed by atoms with Gasteiger partial charge in [0.25, 0.3) is 0 Å². The Labute approximate surface area is 96.6 Å². The number of hydrogen-bond donors (Lipinski definition) is 0. The molecular formula is C14H18O2. The third kappa shape index (κ3) is 2.26. The van der Waals surface area contributed by atoms with Crippen LogP contribution in [-0.2, 0) is 16.0 Å². The zero-order valence-corrected chi connectivity index (χ0v) is 9.85. The van der Waals surface area contributed by atoms with Crippen molar-refractivity contribution in [2.75, 3.05) is 6.61 Å². The van der Waals surface area contributed by atoms with Crippen LogP contribution in [0.5, 0.6) is 0 Å². The summed E-state index contributed by atoms with van der Waals surface area (Å²) >= 11 is 0. The van der Waals surface area contributed by atoms with E-state index in [9.17, 15) is 4.79 Å². The van der Waals surface area contributed by atoms with Crippen molar-refractivity contribution < 1.29 is 9.53 Å². The fourth-order valence-corrected chi connectivity index (χ4v) is 2.34. The minimum absolute atomic E-state index is 0.0254. The van der Waals surface area contributed by atoms with Crippen LogP contribution < -0.4 is 0 Å². The van der Waals surface area contributed by atoms with E-state index in [-0.39, 0.29) is 11.9 Å². The lowest BCUT2D eigenvalue weighted by Crippen LogP contribution is -2.22. The van der Waals surface area contributed by atoms with Gasteiger partial charge in [0.2, 0.25) is 0 Å². The van der Waals surface area contributed by atoms with Gasteiger partial charge in [-0.2, -0.15) is 0 Å². The molecule has 1 aliphatic rings. The minimum atomic E-state index is -0.0254. The van der Waals surface area contributed by atoms with Crippen molar-refractivity contribution in [3.05, 3.63) is 35.9 Å². The Kier molecular flexibility index (Phi) is 3.28. The van der Waals surface area contributed by atoms with Crippen LogP contribution >= 0.6 is 0 Å². The highest BCUT2D eigenvalue weighted by Crippen LogP contribution is 2.31. The summed E-state index contributed by atoms with van der Waals surface area (Å²) in [6.45, 7) is 4.91. The van der Waals surface area contributed by atoms with E-state index in [2.05, 4.69) is 26.0 Å². The van der Waals surface area contributed by atoms with E-state index in [0.717, 1.165) is 6.42 Å². The van der Waals surface area contributed by atoms with Gasteiger partial charge in [-0.1, -0.05) is 44.2 Å². The zero-order valence-electron chi connectivity index (χ0n) is 9.85. The summed E-state index contributed by atoms with van der Waals surface area (Å²) in [6.07, 6.45) is 0.808. The molecule has 0 saturated carbocycles. The first-order chi connectivity index (χ1) is 7.68. The van der Waals surface area contributed by atoms with E-state index in [1.165, 1.54) is 5.56 Å². The molecule has 1 aliphatic heterocycles. The summed E-state index contributed by atoms with van der Waals surface area (Å²) < 4.78 is 5.17. The van der Waals surface area contributed by atoms with E-state index < -0.39 is 0 Å². The van der Waals surface area contributed by atoms with Gasteiger partial charge >= 0.3 is 5.97 Å². The first kappa shape index (κ1) is 11.2. The monoisotopic (exact) mass is 218 g/mol. The van der Waals surface area contributed by atoms with Gasteiger partial charge in [-0.15, -0.1) is 0 Å². The van der Waals surface area contributed by atoms with Gasteiger partial charge in [0, 0.05) is 5.92 Å². The molecule has 0 aromatic heterocycles. The molecule has 0 spiro atoms. The fourth-order valence-electron chi connectivity index (χ4n) is 2.34. The minimum Gasteiger partial charge on any atom is -0.465 e. The third-order valence-corrected chi connectivity index (χ3v) is 3.39. The van der Waals surface area contributed by atoms with Crippen molar-refractivity contribution in [2.24, 2.45) is 17.8 Å². The number of carbonyl (C=O) groups excluding carboxylic acids is 1. The molecule has 2 atom stereocenters. The van der Waals surface area contributed by atoms with E-state index in [0.29, 0.717) is 18.4 Å². The molecule has 1 heterocycles. The van der Waals surface area contributed by atoms with Crippen LogP contribution in [0.1, 0.15) is 19.4 Å². The Bertz CT molecular complexity index is 356. The average molecular weight is 218 g/mol. The van der Waals surface area contributed by atoms with Gasteiger partial charge in [-0.3, -0.25) is 4.79 Å². The molecule has 0 amide bonds. The molecule has 1 saturated heterocycles. The number of hydrogen-bond acceptors (Lipinski definition) is 2. The maximum absolute atomic E-state index is 11.7. The van der Waals surface area contributed by atoms with E-state index in [1.807, 2.05) is 18.2 Å². The van der Waals surface area contributed by atoms with Crippen LogP contribution in [0.25, 0.3) is 0 Å². The predicted octanol–water partition coefficient (Wildman–Crippen LogP) is 2.67. The summed E-state index contributed by atoms with van der Waals surface area (Å²) in [4.78, 5) is 11.7. The Morgan fingerprint density at radius 3 is 2.62 bits per heavy atom. The summed E-state index contributed by atoms with van der Waals surface area (Å²) in [6, 6.07) is 10.2. The Hall–Kier alpha value is -1.31. The standard InChI is InChI=1S/C14H18O2/c1-10(2)13-9-16-14(15)12(13)8-11-6-4-3-5-7-11/h3-7,10,12-13H,8-9H2,1-2H3/t12-,13?/m1/s1. The van der Waals surface area contributed by atoms with E-state index in [4.69, 9.17) is 4.74 Å². The van der Waals surface area contributed by atoms with E-state index in [1.54, 1.807) is 0 Å². The number of cyclic esters (lactones) is 1. The third-order valence-electron chi connectivity index (χ3n) is 3.39. The molecular weight excluding hydrogens is 200 g/mol. The van der Waals surface area contributed by atoms with Crippen molar-refractivity contribution >= 4 is 5.97 Å². The summed E-state index contributed by atoms with van der Waals surface area (Å²) in [5, 5.41) is 0. The zero-order chi connectivity index (χ0) is 11.5. The lowest BCUT2D eigenvalue weighted by atomic mass is 9.82. The summed E-state index contributed by atoms with van der Waals surface area (Å²) in [5.41, 5.74) is 1.22. The van der Waals surface area contributed by atoms with Gasteiger partial charge in [-0.05, 0) is 17.9 Å². The molecule has 0 N–H and O–H groups in total. The van der Waals surface area contributed by atoms with Crippen LogP contribution in [0.2, 0.25) is 0 Å². The van der Waals surface area contributed by atoms with Crippen LogP contribution in [0.15, 0.2) is 30.3 Å². The second-order valence-corrected chi connectivity index (χ2v) is 4.83. The normalized spacial score (nSPS) is 24.8. The van der Waals surface area contributed by atoms with Crippen LogP contribution in [0.4, 0.5) is 0 Å². The lowest BCUT2D eigenvalue weighted by Gasteiger charge is -2.18. The van der Waals surface area contributed by atoms with Crippen LogP contribution in [0, 0.1) is 17.8 Å². The Balaban J connectivity index is 2.10. The highest BCUT2D eigenvalue weighted by Gasteiger charge is 2.38. The first-order valence-electron chi connectivity index (χ1n) is 5.89. The summed E-state index contributed by atoms with van der Waals surface area (Å²) in [7, 11) is 0. The fraction of sp³-hybridized carbons (Fsp3) is 0.500. The van der Waals surface area contributed by atoms with Gasteiger partial charge in [0.05, 0.1) is 12.5 Å². The molecule has 0 bridgehead atoms. The number of ether oxygens (including phenoxy) is 1. The second kappa shape index (κ2) is 4.69. The molecule has 1 aromatic carbocycles. The number of carbonyl (C=O) groups is 1. The van der Waals surface area contributed by atoms with Crippen molar-refractivity contribution in [1.82, 2.24) is 0 Å². The van der Waals surface area contributed by atoms with Gasteiger partial charge < -0.3 is 4.74 Å². The molecule has 2 nitrogen and oxygen atoms in total. The molecule has 16 heavy (non-hydrogen) atoms. The van der Waals surface area contributed by atoms with E-state index >= 15 is 0 Å². The number of benzene rings is 1. The number of rotatable bonds is 3. The first-order valence-corrected chi connectivity index (χ1v) is 5.89. The lowest BCUT2D eigenvalue weighted by molar-refractivity contribution is -0.141. The smallest absolute Gasteiger partial charge is 0.309 e. The molecule has 1 aromatic rings. The largest absolute Gasteiger partial charge is 0.465 e. The van der Waals surface area contributed by atoms with Gasteiger partial charge in [-0.25, -0.2) is 0 Å². The molecule has 1 fully saturated rings. The van der Waals surface area contributed by atoms with Crippen molar-refractivity contribution in [1.29, 1.82) is 0 Å². The van der Waals surface area contributed by atoms with Crippen LogP contribution in [0.3, 0.4) is 0 Å². The average Bonchev–Trinajstić information content (AvgIpc) is 2.62. The maximum atomic E-state index is 11.7. The summed E-state index contributed by atoms with van der Waals surface area (Å²) in [5.74, 6) is 0.887. The molecule has 86 valence electrons. The molecule has 2 rings (SSSR count). The topological polar surface area (TPSA) is 26.3 Å². The molecule has 2 heteroatoms. The highest BCUT2D eigenvalue weighted by molar-refractivity contribution is 5.75. The molecule has 1 unspecified atom stereocenters. The number of esters is 1. The quantitative estimate of drug-likeness (QED) is 0.729. The van der Waals surface area contributed by atoms with Crippen molar-refractivity contribution in [3.63, 3.8) is 0 Å². The van der Waals surface area contributed by atoms with Crippen molar-refractivity contribution in [2.45, 2.75) is 20.3 Å². The highest BCUT2D eigenvalue weighted by atomic mass is 16.5. The second-order valence-electron chi connectivity index (χ2n) is 4.83. The SMILES string of the molecule is CC(C)C1COC(=O)[C@@H]1Cc1ccccc1. The molecule has 0 aliphatic carbocycles.